The number of amides is 1. The van der Waals surface area contributed by atoms with Crippen LogP contribution in [0.1, 0.15) is 36.2 Å². The Labute approximate surface area is 262 Å². The maximum atomic E-state index is 14.1. The summed E-state index contributed by atoms with van der Waals surface area (Å²) in [5.74, 6) is -1.17. The Kier molecular flexibility index (Phi) is 9.49. The second-order valence-electron chi connectivity index (χ2n) is 11.2. The number of nitrogens with one attached hydrogen (secondary N) is 2. The summed E-state index contributed by atoms with van der Waals surface area (Å²) in [6.45, 7) is 0.475. The van der Waals surface area contributed by atoms with Gasteiger partial charge in [0, 0.05) is 24.6 Å². The van der Waals surface area contributed by atoms with Crippen molar-refractivity contribution in [2.75, 3.05) is 31.0 Å². The second kappa shape index (κ2) is 13.5. The molecule has 12 nitrogen and oxygen atoms in total. The highest BCUT2D eigenvalue weighted by atomic mass is 32.2. The number of rotatable bonds is 12. The summed E-state index contributed by atoms with van der Waals surface area (Å²) in [6.07, 6.45) is 3.31. The lowest BCUT2D eigenvalue weighted by Gasteiger charge is -2.36. The number of anilines is 1. The number of carbonyl (C=O) groups excluding carboxylic acids is 1. The Morgan fingerprint density at radius 3 is 2.49 bits per heavy atom. The van der Waals surface area contributed by atoms with Crippen LogP contribution in [0.15, 0.2) is 77.7 Å². The molecule has 0 bridgehead atoms. The van der Waals surface area contributed by atoms with Gasteiger partial charge in [0.05, 0.1) is 21.6 Å². The average molecular weight is 632 g/mol. The lowest BCUT2D eigenvalue weighted by atomic mass is 10.0. The van der Waals surface area contributed by atoms with Crippen LogP contribution in [0.4, 0.5) is 5.69 Å². The number of imidazole rings is 1. The predicted molar refractivity (Wildman–Crippen MR) is 172 cm³/mol. The molecule has 1 saturated heterocycles. The topological polar surface area (TPSA) is 175 Å². The van der Waals surface area contributed by atoms with Crippen LogP contribution in [-0.4, -0.2) is 78.4 Å². The highest BCUT2D eigenvalue weighted by Crippen LogP contribution is 2.30. The lowest BCUT2D eigenvalue weighted by molar-refractivity contribution is -0.138. The van der Waals surface area contributed by atoms with Crippen LogP contribution in [0.5, 0.6) is 0 Å². The molecule has 1 aliphatic heterocycles. The van der Waals surface area contributed by atoms with Gasteiger partial charge < -0.3 is 25.6 Å². The summed E-state index contributed by atoms with van der Waals surface area (Å²) in [4.78, 5) is 31.0. The third kappa shape index (κ3) is 7.32. The van der Waals surface area contributed by atoms with E-state index in [0.717, 1.165) is 31.4 Å². The van der Waals surface area contributed by atoms with Gasteiger partial charge in [-0.05, 0) is 62.3 Å². The van der Waals surface area contributed by atoms with E-state index in [1.54, 1.807) is 65.2 Å². The minimum Gasteiger partial charge on any atom is -0.480 e. The number of carboxylic acid groups (broad SMARTS) is 1. The van der Waals surface area contributed by atoms with E-state index in [-0.39, 0.29) is 29.9 Å². The van der Waals surface area contributed by atoms with Gasteiger partial charge >= 0.3 is 5.97 Å². The first-order chi connectivity index (χ1) is 21.5. The highest BCUT2D eigenvalue weighted by Gasteiger charge is 2.31. The summed E-state index contributed by atoms with van der Waals surface area (Å²) < 4.78 is 31.3. The zero-order valence-corrected chi connectivity index (χ0v) is 25.8. The second-order valence-corrected chi connectivity index (χ2v) is 13.1. The van der Waals surface area contributed by atoms with Crippen LogP contribution in [0.25, 0.3) is 11.0 Å². The molecule has 0 aliphatic carbocycles. The van der Waals surface area contributed by atoms with E-state index in [1.165, 1.54) is 4.31 Å². The standard InChI is InChI=1S/C32H37N7O5S/c1-37-16-6-5-7-25(37)20-39(45(43,44)26-8-3-2-4-9-26)24-14-15-28-27(18-24)36-29(38(28)21-30(40)35-19-31(41)42)17-22-10-12-23(13-11-22)32(33)34/h2-4,8-15,18,25H,5-7,16-17,19-21H2,1H3,(H3,33,34)(H,35,40)(H,41,42). The molecule has 1 aliphatic rings. The van der Waals surface area contributed by atoms with Crippen LogP contribution in [0.2, 0.25) is 0 Å². The molecule has 5 N–H and O–H groups in total. The van der Waals surface area contributed by atoms with Crippen molar-refractivity contribution < 1.29 is 23.1 Å². The van der Waals surface area contributed by atoms with Crippen molar-refractivity contribution in [3.63, 3.8) is 0 Å². The number of sulfonamides is 1. The van der Waals surface area contributed by atoms with Gasteiger partial charge in [-0.2, -0.15) is 0 Å². The van der Waals surface area contributed by atoms with Crippen LogP contribution >= 0.6 is 0 Å². The molecule has 3 aromatic carbocycles. The van der Waals surface area contributed by atoms with Crippen LogP contribution in [0.3, 0.4) is 0 Å². The summed E-state index contributed by atoms with van der Waals surface area (Å²) in [6, 6.07) is 20.7. The molecular weight excluding hydrogens is 594 g/mol. The fraction of sp³-hybridized carbons (Fsp3) is 0.312. The van der Waals surface area contributed by atoms with E-state index in [0.29, 0.717) is 34.5 Å². The van der Waals surface area contributed by atoms with Crippen molar-refractivity contribution >= 4 is 44.5 Å². The van der Waals surface area contributed by atoms with Crippen LogP contribution in [-0.2, 0) is 32.6 Å². The van der Waals surface area contributed by atoms with Gasteiger partial charge in [0.25, 0.3) is 10.0 Å². The maximum absolute atomic E-state index is 14.1. The molecule has 45 heavy (non-hydrogen) atoms. The molecule has 1 unspecified atom stereocenters. The molecule has 2 heterocycles. The molecule has 1 aromatic heterocycles. The van der Waals surface area contributed by atoms with Crippen molar-refractivity contribution in [1.82, 2.24) is 19.8 Å². The number of likely N-dealkylation sites (tertiary alicyclic amines) is 1. The maximum Gasteiger partial charge on any atom is 0.322 e. The van der Waals surface area contributed by atoms with Gasteiger partial charge in [-0.25, -0.2) is 13.4 Å². The Hall–Kier alpha value is -4.75. The number of nitrogens with two attached hydrogens (primary N) is 1. The smallest absolute Gasteiger partial charge is 0.322 e. The van der Waals surface area contributed by atoms with Gasteiger partial charge in [-0.3, -0.25) is 19.3 Å². The molecule has 0 radical (unpaired) electrons. The van der Waals surface area contributed by atoms with Gasteiger partial charge in [0.2, 0.25) is 5.91 Å². The van der Waals surface area contributed by atoms with E-state index in [4.69, 9.17) is 21.2 Å². The SMILES string of the molecule is CN1CCCCC1CN(c1ccc2c(c1)nc(Cc1ccc(C(=N)N)cc1)n2CC(=O)NCC(=O)O)S(=O)(=O)c1ccccc1. The summed E-state index contributed by atoms with van der Waals surface area (Å²) in [5, 5.41) is 19.1. The van der Waals surface area contributed by atoms with Crippen molar-refractivity contribution in [1.29, 1.82) is 5.41 Å². The van der Waals surface area contributed by atoms with E-state index in [1.807, 2.05) is 19.2 Å². The van der Waals surface area contributed by atoms with E-state index >= 15 is 0 Å². The molecule has 1 fully saturated rings. The summed E-state index contributed by atoms with van der Waals surface area (Å²) >= 11 is 0. The number of benzene rings is 3. The molecule has 5 rings (SSSR count). The molecule has 0 spiro atoms. The number of fused-ring (bicyclic) bond motifs is 1. The Balaban J connectivity index is 1.56. The van der Waals surface area contributed by atoms with Gasteiger partial charge in [-0.15, -0.1) is 0 Å². The zero-order valence-electron chi connectivity index (χ0n) is 25.0. The number of hydrogen-bond donors (Lipinski definition) is 4. The fourth-order valence-corrected chi connectivity index (χ4v) is 7.14. The van der Waals surface area contributed by atoms with Crippen molar-refractivity contribution in [2.45, 2.75) is 43.2 Å². The molecule has 4 aromatic rings. The number of likely N-dealkylation sites (N-methyl/N-ethyl adjacent to an activating group) is 1. The van der Waals surface area contributed by atoms with E-state index in [2.05, 4.69) is 10.2 Å². The number of hydrogen-bond acceptors (Lipinski definition) is 7. The fourth-order valence-electron chi connectivity index (χ4n) is 5.62. The molecule has 13 heteroatoms. The van der Waals surface area contributed by atoms with Gasteiger partial charge in [0.1, 0.15) is 24.7 Å². The number of aromatic nitrogens is 2. The number of carboxylic acids is 1. The van der Waals surface area contributed by atoms with Crippen LogP contribution in [0, 0.1) is 5.41 Å². The average Bonchev–Trinajstić information content (AvgIpc) is 3.35. The molecule has 1 atom stereocenters. The number of carbonyl (C=O) groups is 2. The Morgan fingerprint density at radius 1 is 1.09 bits per heavy atom. The largest absolute Gasteiger partial charge is 0.480 e. The third-order valence-electron chi connectivity index (χ3n) is 8.09. The number of amidine groups is 1. The number of aliphatic carboxylic acids is 1. The van der Waals surface area contributed by atoms with Crippen LogP contribution < -0.4 is 15.4 Å². The number of nitrogens with zero attached hydrogens (tertiary/aromatic N) is 4. The summed E-state index contributed by atoms with van der Waals surface area (Å²) in [5.41, 5.74) is 8.60. The minimum absolute atomic E-state index is 0.0388. The predicted octanol–water partition coefficient (Wildman–Crippen LogP) is 2.79. The quantitative estimate of drug-likeness (QED) is 0.136. The molecule has 236 valence electrons. The van der Waals surface area contributed by atoms with Crippen molar-refractivity contribution in [3.05, 3.63) is 89.7 Å². The molecule has 0 saturated carbocycles. The Bertz CT molecular complexity index is 1810. The molecular formula is C32H37N7O5S. The first kappa shape index (κ1) is 31.7. The van der Waals surface area contributed by atoms with Crippen molar-refractivity contribution in [2.24, 2.45) is 5.73 Å². The highest BCUT2D eigenvalue weighted by molar-refractivity contribution is 7.92. The molecule has 1 amide bonds. The zero-order chi connectivity index (χ0) is 32.1. The minimum atomic E-state index is -3.92. The van der Waals surface area contributed by atoms with Crippen molar-refractivity contribution in [3.8, 4) is 0 Å². The van der Waals surface area contributed by atoms with E-state index < -0.39 is 28.4 Å². The number of nitrogen functional groups attached to an aromatic ring is 1. The normalized spacial score (nSPS) is 15.5. The summed E-state index contributed by atoms with van der Waals surface area (Å²) in [7, 11) is -1.90. The number of piperidine rings is 1. The first-order valence-corrected chi connectivity index (χ1v) is 16.2. The van der Waals surface area contributed by atoms with Gasteiger partial charge in [0.15, 0.2) is 0 Å². The van der Waals surface area contributed by atoms with Gasteiger partial charge in [-0.1, -0.05) is 48.9 Å². The monoisotopic (exact) mass is 631 g/mol. The third-order valence-corrected chi connectivity index (χ3v) is 9.90. The van der Waals surface area contributed by atoms with E-state index in [9.17, 15) is 18.0 Å². The lowest BCUT2D eigenvalue weighted by Crippen LogP contribution is -2.46. The first-order valence-electron chi connectivity index (χ1n) is 14.7. The Morgan fingerprint density at radius 2 is 1.82 bits per heavy atom.